The fourth-order valence-electron chi connectivity index (χ4n) is 1.91. The summed E-state index contributed by atoms with van der Waals surface area (Å²) in [7, 11) is 0. The lowest BCUT2D eigenvalue weighted by molar-refractivity contribution is -0.112. The van der Waals surface area contributed by atoms with E-state index in [0.717, 1.165) is 16.8 Å². The average molecular weight is 337 g/mol. The Morgan fingerprint density at radius 1 is 1.22 bits per heavy atom. The Hall–Kier alpha value is -2.75. The van der Waals surface area contributed by atoms with Crippen molar-refractivity contribution in [2.75, 3.05) is 5.32 Å². The highest BCUT2D eigenvalue weighted by atomic mass is 32.1. The molecule has 0 saturated heterocycles. The van der Waals surface area contributed by atoms with E-state index in [9.17, 15) is 4.79 Å². The van der Waals surface area contributed by atoms with Gasteiger partial charge in [-0.05, 0) is 28.5 Å². The van der Waals surface area contributed by atoms with Gasteiger partial charge < -0.3 is 0 Å². The van der Waals surface area contributed by atoms with Gasteiger partial charge in [-0.2, -0.15) is 16.6 Å². The first-order valence-electron chi connectivity index (χ1n) is 6.72. The highest BCUT2D eigenvalue weighted by Gasteiger charge is 2.12. The Balaban J connectivity index is 1.76. The molecule has 0 atom stereocenters. The number of amides is 1. The van der Waals surface area contributed by atoms with Crippen LogP contribution in [0, 0.1) is 11.3 Å². The molecule has 4 nitrogen and oxygen atoms in total. The van der Waals surface area contributed by atoms with Crippen molar-refractivity contribution in [3.8, 4) is 17.3 Å². The van der Waals surface area contributed by atoms with E-state index in [1.807, 2.05) is 58.6 Å². The molecule has 2 heterocycles. The summed E-state index contributed by atoms with van der Waals surface area (Å²) in [5, 5.41) is 18.0. The van der Waals surface area contributed by atoms with Crippen molar-refractivity contribution in [2.24, 2.45) is 0 Å². The van der Waals surface area contributed by atoms with Crippen LogP contribution in [-0.4, -0.2) is 10.9 Å². The van der Waals surface area contributed by atoms with Gasteiger partial charge in [0.1, 0.15) is 11.6 Å². The second-order valence-electron chi connectivity index (χ2n) is 4.58. The van der Waals surface area contributed by atoms with Crippen molar-refractivity contribution >= 4 is 39.8 Å². The first-order chi connectivity index (χ1) is 11.3. The third-order valence-electron chi connectivity index (χ3n) is 3.01. The lowest BCUT2D eigenvalue weighted by atomic mass is 10.2. The van der Waals surface area contributed by atoms with Gasteiger partial charge in [-0.25, -0.2) is 4.98 Å². The van der Waals surface area contributed by atoms with Crippen LogP contribution in [0.15, 0.2) is 58.1 Å². The first-order valence-corrected chi connectivity index (χ1v) is 8.55. The van der Waals surface area contributed by atoms with Crippen LogP contribution in [-0.2, 0) is 4.79 Å². The van der Waals surface area contributed by atoms with Gasteiger partial charge in [0.25, 0.3) is 5.91 Å². The van der Waals surface area contributed by atoms with E-state index >= 15 is 0 Å². The minimum Gasteiger partial charge on any atom is -0.297 e. The van der Waals surface area contributed by atoms with Crippen LogP contribution < -0.4 is 5.32 Å². The molecule has 1 aromatic carbocycles. The van der Waals surface area contributed by atoms with Crippen molar-refractivity contribution < 1.29 is 4.79 Å². The van der Waals surface area contributed by atoms with E-state index < -0.39 is 5.91 Å². The summed E-state index contributed by atoms with van der Waals surface area (Å²) in [6, 6.07) is 13.5. The number of hydrogen-bond donors (Lipinski definition) is 1. The van der Waals surface area contributed by atoms with Crippen molar-refractivity contribution in [1.29, 1.82) is 5.26 Å². The number of benzene rings is 1. The van der Waals surface area contributed by atoms with Crippen molar-refractivity contribution in [2.45, 2.75) is 0 Å². The van der Waals surface area contributed by atoms with Gasteiger partial charge >= 0.3 is 0 Å². The van der Waals surface area contributed by atoms with Gasteiger partial charge in [0, 0.05) is 10.9 Å². The molecule has 0 aliphatic rings. The van der Waals surface area contributed by atoms with Gasteiger partial charge in [0.05, 0.1) is 5.69 Å². The van der Waals surface area contributed by atoms with Gasteiger partial charge in [0.15, 0.2) is 5.13 Å². The molecule has 2 aromatic heterocycles. The SMILES string of the molecule is N#C/C(=C/c1ccsc1)C(=O)Nc1nc(-c2ccccc2)cs1. The summed E-state index contributed by atoms with van der Waals surface area (Å²) >= 11 is 2.84. The molecule has 0 aliphatic heterocycles. The molecule has 1 amide bonds. The van der Waals surface area contributed by atoms with Gasteiger partial charge in [-0.3, -0.25) is 10.1 Å². The summed E-state index contributed by atoms with van der Waals surface area (Å²) in [5.74, 6) is -0.451. The Kier molecular flexibility index (Phi) is 4.62. The molecule has 112 valence electrons. The molecular formula is C17H11N3OS2. The highest BCUT2D eigenvalue weighted by Crippen LogP contribution is 2.25. The number of nitrogens with one attached hydrogen (secondary N) is 1. The van der Waals surface area contributed by atoms with E-state index in [1.54, 1.807) is 6.08 Å². The van der Waals surface area contributed by atoms with Crippen LogP contribution >= 0.6 is 22.7 Å². The number of hydrogen-bond acceptors (Lipinski definition) is 5. The Morgan fingerprint density at radius 2 is 2.04 bits per heavy atom. The monoisotopic (exact) mass is 337 g/mol. The fourth-order valence-corrected chi connectivity index (χ4v) is 3.24. The lowest BCUT2D eigenvalue weighted by Crippen LogP contribution is -2.13. The normalized spacial score (nSPS) is 11.0. The van der Waals surface area contributed by atoms with Crippen LogP contribution in [0.25, 0.3) is 17.3 Å². The van der Waals surface area contributed by atoms with Crippen molar-refractivity contribution in [3.63, 3.8) is 0 Å². The predicted octanol–water partition coefficient (Wildman–Crippen LogP) is 4.42. The highest BCUT2D eigenvalue weighted by molar-refractivity contribution is 7.14. The largest absolute Gasteiger partial charge is 0.297 e. The third-order valence-corrected chi connectivity index (χ3v) is 4.47. The Bertz CT molecular complexity index is 874. The maximum Gasteiger partial charge on any atom is 0.268 e. The van der Waals surface area contributed by atoms with Crippen LogP contribution in [0.1, 0.15) is 5.56 Å². The van der Waals surface area contributed by atoms with E-state index in [0.29, 0.717) is 5.13 Å². The lowest BCUT2D eigenvalue weighted by Gasteiger charge is -1.99. The number of nitrogens with zero attached hydrogens (tertiary/aromatic N) is 2. The molecule has 6 heteroatoms. The quantitative estimate of drug-likeness (QED) is 0.566. The molecule has 0 radical (unpaired) electrons. The summed E-state index contributed by atoms with van der Waals surface area (Å²) in [6.45, 7) is 0. The molecule has 3 rings (SSSR count). The molecule has 0 bridgehead atoms. The number of aromatic nitrogens is 1. The van der Waals surface area contributed by atoms with Crippen LogP contribution in [0.4, 0.5) is 5.13 Å². The van der Waals surface area contributed by atoms with E-state index in [-0.39, 0.29) is 5.57 Å². The summed E-state index contributed by atoms with van der Waals surface area (Å²) in [4.78, 5) is 16.6. The molecule has 3 aromatic rings. The maximum absolute atomic E-state index is 12.2. The fraction of sp³-hybridized carbons (Fsp3) is 0. The van der Waals surface area contributed by atoms with Crippen LogP contribution in [0.5, 0.6) is 0 Å². The number of carbonyl (C=O) groups excluding carboxylic acids is 1. The predicted molar refractivity (Wildman–Crippen MR) is 94.1 cm³/mol. The molecular weight excluding hydrogens is 326 g/mol. The molecule has 0 fully saturated rings. The van der Waals surface area contributed by atoms with Gasteiger partial charge in [0.2, 0.25) is 0 Å². The first kappa shape index (κ1) is 15.2. The maximum atomic E-state index is 12.2. The number of nitriles is 1. The zero-order valence-electron chi connectivity index (χ0n) is 11.9. The van der Waals surface area contributed by atoms with E-state index in [4.69, 9.17) is 5.26 Å². The van der Waals surface area contributed by atoms with Crippen molar-refractivity contribution in [3.05, 3.63) is 63.7 Å². The molecule has 0 saturated carbocycles. The smallest absolute Gasteiger partial charge is 0.268 e. The summed E-state index contributed by atoms with van der Waals surface area (Å²) in [5.41, 5.74) is 2.68. The standard InChI is InChI=1S/C17H11N3OS2/c18-9-14(8-12-6-7-22-10-12)16(21)20-17-19-15(11-23-17)13-4-2-1-3-5-13/h1-8,10-11H,(H,19,20,21)/b14-8-. The van der Waals surface area contributed by atoms with E-state index in [2.05, 4.69) is 10.3 Å². The molecule has 23 heavy (non-hydrogen) atoms. The van der Waals surface area contributed by atoms with Gasteiger partial charge in [-0.15, -0.1) is 11.3 Å². The minimum atomic E-state index is -0.451. The molecule has 0 aliphatic carbocycles. The molecule has 0 unspecified atom stereocenters. The van der Waals surface area contributed by atoms with Crippen LogP contribution in [0.3, 0.4) is 0 Å². The number of carbonyl (C=O) groups is 1. The Labute approximate surface area is 141 Å². The number of thiophene rings is 1. The van der Waals surface area contributed by atoms with Crippen molar-refractivity contribution in [1.82, 2.24) is 4.98 Å². The number of anilines is 1. The molecule has 0 spiro atoms. The zero-order chi connectivity index (χ0) is 16.1. The Morgan fingerprint density at radius 3 is 2.74 bits per heavy atom. The second-order valence-corrected chi connectivity index (χ2v) is 6.22. The van der Waals surface area contributed by atoms with Crippen LogP contribution in [0.2, 0.25) is 0 Å². The summed E-state index contributed by atoms with van der Waals surface area (Å²) in [6.07, 6.45) is 1.57. The topological polar surface area (TPSA) is 65.8 Å². The molecule has 1 N–H and O–H groups in total. The minimum absolute atomic E-state index is 0.0554. The second kappa shape index (κ2) is 7.01. The average Bonchev–Trinajstić information content (AvgIpc) is 3.25. The number of thiazole rings is 1. The summed E-state index contributed by atoms with van der Waals surface area (Å²) < 4.78 is 0. The number of rotatable bonds is 4. The van der Waals surface area contributed by atoms with E-state index in [1.165, 1.54) is 22.7 Å². The zero-order valence-corrected chi connectivity index (χ0v) is 13.5. The third kappa shape index (κ3) is 3.72. The van der Waals surface area contributed by atoms with Gasteiger partial charge in [-0.1, -0.05) is 30.3 Å².